The molecule has 172 valence electrons. The Morgan fingerprint density at radius 2 is 1.06 bits per heavy atom. The summed E-state index contributed by atoms with van der Waals surface area (Å²) in [6.07, 6.45) is 12.4. The molecule has 0 aromatic heterocycles. The van der Waals surface area contributed by atoms with Crippen molar-refractivity contribution < 1.29 is 39.2 Å². The molecular formula is C23H32O8. The molecule has 0 radical (unpaired) electrons. The fraction of sp³-hybridized carbons (Fsp3) is 0.565. The van der Waals surface area contributed by atoms with Crippen LogP contribution >= 0.6 is 0 Å². The third-order valence-corrected chi connectivity index (χ3v) is 5.06. The smallest absolute Gasteiger partial charge is 0.339 e. The maximum atomic E-state index is 12.3. The molecule has 0 amide bonds. The number of carbonyl (C=O) groups is 4. The Hall–Kier alpha value is -2.90. The van der Waals surface area contributed by atoms with E-state index in [2.05, 4.69) is 6.92 Å². The van der Waals surface area contributed by atoms with Crippen molar-refractivity contribution in [1.82, 2.24) is 0 Å². The van der Waals surface area contributed by atoms with Gasteiger partial charge in [-0.05, 0) is 18.6 Å². The number of carbonyl (C=O) groups excluding carboxylic acids is 1. The average Bonchev–Trinajstić information content (AvgIpc) is 2.72. The fourth-order valence-corrected chi connectivity index (χ4v) is 3.40. The maximum Gasteiger partial charge on any atom is 0.339 e. The predicted molar refractivity (Wildman–Crippen MR) is 114 cm³/mol. The highest BCUT2D eigenvalue weighted by atomic mass is 16.5. The van der Waals surface area contributed by atoms with Crippen LogP contribution in [0.2, 0.25) is 0 Å². The lowest BCUT2D eigenvalue weighted by Gasteiger charge is -2.11. The summed E-state index contributed by atoms with van der Waals surface area (Å²) in [4.78, 5) is 46.4. The number of aromatic carboxylic acids is 3. The summed E-state index contributed by atoms with van der Waals surface area (Å²) in [5.41, 5.74) is -3.00. The topological polar surface area (TPSA) is 138 Å². The van der Waals surface area contributed by atoms with Gasteiger partial charge in [0.25, 0.3) is 0 Å². The lowest BCUT2D eigenvalue weighted by atomic mass is 9.95. The van der Waals surface area contributed by atoms with Crippen molar-refractivity contribution in [2.75, 3.05) is 6.61 Å². The Labute approximate surface area is 182 Å². The zero-order chi connectivity index (χ0) is 23.2. The number of carboxylic acid groups (broad SMARTS) is 3. The van der Waals surface area contributed by atoms with Gasteiger partial charge in [-0.15, -0.1) is 0 Å². The summed E-state index contributed by atoms with van der Waals surface area (Å²) in [5, 5.41) is 27.7. The average molecular weight is 437 g/mol. The molecular weight excluding hydrogens is 404 g/mol. The summed E-state index contributed by atoms with van der Waals surface area (Å²) >= 11 is 0. The Balaban J connectivity index is 2.49. The van der Waals surface area contributed by atoms with Crippen molar-refractivity contribution >= 4 is 23.9 Å². The Morgan fingerprint density at radius 1 is 0.645 bits per heavy atom. The van der Waals surface area contributed by atoms with Gasteiger partial charge in [-0.3, -0.25) is 0 Å². The molecule has 0 aliphatic heterocycles. The third kappa shape index (κ3) is 8.78. The Kier molecular flexibility index (Phi) is 11.9. The molecule has 31 heavy (non-hydrogen) atoms. The van der Waals surface area contributed by atoms with Crippen molar-refractivity contribution in [2.45, 2.75) is 77.6 Å². The second-order valence-corrected chi connectivity index (χ2v) is 7.50. The van der Waals surface area contributed by atoms with Crippen LogP contribution in [0.1, 0.15) is 119 Å². The molecule has 0 spiro atoms. The Bertz CT molecular complexity index is 769. The van der Waals surface area contributed by atoms with Crippen LogP contribution in [0.3, 0.4) is 0 Å². The van der Waals surface area contributed by atoms with Crippen molar-refractivity contribution in [3.05, 3.63) is 34.4 Å². The molecule has 0 atom stereocenters. The van der Waals surface area contributed by atoms with E-state index in [1.165, 1.54) is 44.9 Å². The predicted octanol–water partition coefficient (Wildman–Crippen LogP) is 5.25. The quantitative estimate of drug-likeness (QED) is 0.236. The van der Waals surface area contributed by atoms with Crippen LogP contribution in [-0.4, -0.2) is 45.8 Å². The summed E-state index contributed by atoms with van der Waals surface area (Å²) in [6, 6.07) is 1.87. The first kappa shape index (κ1) is 26.1. The molecule has 0 unspecified atom stereocenters. The number of hydrogen-bond acceptors (Lipinski definition) is 5. The molecule has 0 aliphatic carbocycles. The zero-order valence-corrected chi connectivity index (χ0v) is 18.0. The number of esters is 1. The monoisotopic (exact) mass is 436 g/mol. The van der Waals surface area contributed by atoms with Gasteiger partial charge in [0.1, 0.15) is 0 Å². The minimum absolute atomic E-state index is 0.0813. The van der Waals surface area contributed by atoms with E-state index >= 15 is 0 Å². The number of ether oxygens (including phenoxy) is 1. The standard InChI is InChI=1S/C23H32O8/c1-2-3-4-5-6-7-8-9-10-11-12-15-31-23(30)17-14-13-16(20(24)25)18(21(26)27)19(17)22(28)29/h13-14H,2-12,15H2,1H3,(H,24,25)(H,26,27)(H,28,29). The number of benzene rings is 1. The van der Waals surface area contributed by atoms with Gasteiger partial charge in [0.15, 0.2) is 0 Å². The SMILES string of the molecule is CCCCCCCCCCCCCOC(=O)c1ccc(C(=O)O)c(C(=O)O)c1C(=O)O. The molecule has 1 aromatic carbocycles. The lowest BCUT2D eigenvalue weighted by Crippen LogP contribution is -2.20. The van der Waals surface area contributed by atoms with E-state index in [1.54, 1.807) is 0 Å². The van der Waals surface area contributed by atoms with Crippen LogP contribution in [0, 0.1) is 0 Å². The van der Waals surface area contributed by atoms with E-state index in [-0.39, 0.29) is 6.61 Å². The molecule has 8 heteroatoms. The summed E-state index contributed by atoms with van der Waals surface area (Å²) < 4.78 is 5.09. The fourth-order valence-electron chi connectivity index (χ4n) is 3.40. The van der Waals surface area contributed by atoms with E-state index in [4.69, 9.17) is 9.84 Å². The number of carboxylic acids is 3. The normalized spacial score (nSPS) is 10.6. The third-order valence-electron chi connectivity index (χ3n) is 5.06. The van der Waals surface area contributed by atoms with Crippen LogP contribution in [0.25, 0.3) is 0 Å². The van der Waals surface area contributed by atoms with E-state index in [9.17, 15) is 29.4 Å². The van der Waals surface area contributed by atoms with Gasteiger partial charge in [0.2, 0.25) is 0 Å². The Morgan fingerprint density at radius 3 is 1.52 bits per heavy atom. The number of unbranched alkanes of at least 4 members (excludes halogenated alkanes) is 10. The van der Waals surface area contributed by atoms with Gasteiger partial charge >= 0.3 is 23.9 Å². The van der Waals surface area contributed by atoms with Gasteiger partial charge in [-0.1, -0.05) is 71.1 Å². The highest BCUT2D eigenvalue weighted by Crippen LogP contribution is 2.22. The molecule has 0 saturated carbocycles. The highest BCUT2D eigenvalue weighted by Gasteiger charge is 2.30. The number of rotatable bonds is 16. The lowest BCUT2D eigenvalue weighted by molar-refractivity contribution is 0.0485. The molecule has 3 N–H and O–H groups in total. The van der Waals surface area contributed by atoms with E-state index in [1.807, 2.05) is 0 Å². The van der Waals surface area contributed by atoms with Gasteiger partial charge in [-0.2, -0.15) is 0 Å². The summed E-state index contributed by atoms with van der Waals surface area (Å²) in [7, 11) is 0. The molecule has 0 heterocycles. The molecule has 0 saturated heterocycles. The minimum atomic E-state index is -1.74. The molecule has 0 bridgehead atoms. The highest BCUT2D eigenvalue weighted by molar-refractivity contribution is 6.14. The number of hydrogen-bond donors (Lipinski definition) is 3. The first-order valence-corrected chi connectivity index (χ1v) is 10.8. The molecule has 0 aliphatic rings. The van der Waals surface area contributed by atoms with E-state index < -0.39 is 46.1 Å². The van der Waals surface area contributed by atoms with Crippen LogP contribution in [0.4, 0.5) is 0 Å². The largest absolute Gasteiger partial charge is 0.478 e. The first-order valence-electron chi connectivity index (χ1n) is 10.8. The van der Waals surface area contributed by atoms with Crippen molar-refractivity contribution in [3.63, 3.8) is 0 Å². The van der Waals surface area contributed by atoms with Crippen LogP contribution in [0.5, 0.6) is 0 Å². The van der Waals surface area contributed by atoms with Crippen LogP contribution < -0.4 is 0 Å². The van der Waals surface area contributed by atoms with E-state index in [0.717, 1.165) is 31.4 Å². The van der Waals surface area contributed by atoms with Gasteiger partial charge in [-0.25, -0.2) is 19.2 Å². The van der Waals surface area contributed by atoms with Crippen LogP contribution in [-0.2, 0) is 4.74 Å². The zero-order valence-electron chi connectivity index (χ0n) is 18.0. The molecule has 8 nitrogen and oxygen atoms in total. The van der Waals surface area contributed by atoms with Crippen molar-refractivity contribution in [2.24, 2.45) is 0 Å². The second kappa shape index (κ2) is 14.2. The van der Waals surface area contributed by atoms with E-state index in [0.29, 0.717) is 6.42 Å². The van der Waals surface area contributed by atoms with Crippen LogP contribution in [0.15, 0.2) is 12.1 Å². The summed E-state index contributed by atoms with van der Waals surface area (Å²) in [6.45, 7) is 2.28. The second-order valence-electron chi connectivity index (χ2n) is 7.50. The summed E-state index contributed by atoms with van der Waals surface area (Å²) in [5.74, 6) is -6.03. The molecule has 1 rings (SSSR count). The van der Waals surface area contributed by atoms with Crippen molar-refractivity contribution in [1.29, 1.82) is 0 Å². The molecule has 0 fully saturated rings. The van der Waals surface area contributed by atoms with Gasteiger partial charge < -0.3 is 20.1 Å². The van der Waals surface area contributed by atoms with Crippen molar-refractivity contribution in [3.8, 4) is 0 Å². The molecule has 1 aromatic rings. The minimum Gasteiger partial charge on any atom is -0.478 e. The maximum absolute atomic E-state index is 12.3. The van der Waals surface area contributed by atoms with Gasteiger partial charge in [0, 0.05) is 0 Å². The first-order chi connectivity index (χ1) is 14.8. The van der Waals surface area contributed by atoms with Gasteiger partial charge in [0.05, 0.1) is 28.9 Å².